The van der Waals surface area contributed by atoms with E-state index in [-0.39, 0.29) is 5.70 Å². The average Bonchev–Trinajstić information content (AvgIpc) is 2.88. The lowest BCUT2D eigenvalue weighted by molar-refractivity contribution is -0.253. The van der Waals surface area contributed by atoms with E-state index in [2.05, 4.69) is 5.32 Å². The normalized spacial score (nSPS) is 34.5. The smallest absolute Gasteiger partial charge is 0.331 e. The average molecular weight is 350 g/mol. The Kier molecular flexibility index (Phi) is 4.84. The summed E-state index contributed by atoms with van der Waals surface area (Å²) >= 11 is 0. The minimum absolute atomic E-state index is 0.0202. The third kappa shape index (κ3) is 3.15. The summed E-state index contributed by atoms with van der Waals surface area (Å²) in [6, 6.07) is 7.98. The molecule has 0 radical (unpaired) electrons. The lowest BCUT2D eigenvalue weighted by atomic mass is 9.98. The van der Waals surface area contributed by atoms with Gasteiger partial charge in [0.05, 0.1) is 6.61 Å². The molecule has 0 saturated carbocycles. The third-order valence-corrected chi connectivity index (χ3v) is 4.14. The number of aliphatic hydroxyl groups excluding tert-OH is 4. The number of imide groups is 1. The molecule has 0 aliphatic carbocycles. The number of carbonyl (C=O) groups excluding carboxylic acids is 2. The van der Waals surface area contributed by atoms with E-state index in [0.717, 1.165) is 0 Å². The summed E-state index contributed by atoms with van der Waals surface area (Å²) in [6.45, 7) is -0.655. The standard InChI is InChI=1S/C16H18N2O7/c19-7-10-11(20)12(21)13(22)15(25-10)18-14(23)9(17-16(18)24)6-8-4-2-1-3-5-8/h1-6,10-13,15,19-22H,7H2,(H,17,24)/b9-6-. The summed E-state index contributed by atoms with van der Waals surface area (Å²) in [5.74, 6) is -0.752. The molecule has 2 heterocycles. The van der Waals surface area contributed by atoms with Gasteiger partial charge < -0.3 is 30.5 Å². The molecule has 5 atom stereocenters. The van der Waals surface area contributed by atoms with E-state index in [4.69, 9.17) is 4.74 Å². The highest BCUT2D eigenvalue weighted by Crippen LogP contribution is 2.27. The fraction of sp³-hybridized carbons (Fsp3) is 0.375. The second-order valence-corrected chi connectivity index (χ2v) is 5.79. The number of benzene rings is 1. The Labute approximate surface area is 142 Å². The molecule has 5 unspecified atom stereocenters. The van der Waals surface area contributed by atoms with Gasteiger partial charge in [0.1, 0.15) is 30.1 Å². The van der Waals surface area contributed by atoms with Crippen molar-refractivity contribution in [3.05, 3.63) is 41.6 Å². The van der Waals surface area contributed by atoms with Gasteiger partial charge in [0.15, 0.2) is 6.23 Å². The zero-order chi connectivity index (χ0) is 18.1. The monoisotopic (exact) mass is 350 g/mol. The number of nitrogens with zero attached hydrogens (tertiary/aromatic N) is 1. The Balaban J connectivity index is 1.86. The van der Waals surface area contributed by atoms with Crippen LogP contribution in [0.2, 0.25) is 0 Å². The first-order valence-electron chi connectivity index (χ1n) is 7.66. The molecular weight excluding hydrogens is 332 g/mol. The van der Waals surface area contributed by atoms with Crippen LogP contribution in [0.5, 0.6) is 0 Å². The molecule has 0 bridgehead atoms. The molecule has 3 amide bonds. The molecule has 5 N–H and O–H groups in total. The van der Waals surface area contributed by atoms with Crippen molar-refractivity contribution in [3.8, 4) is 0 Å². The van der Waals surface area contributed by atoms with Gasteiger partial charge in [-0.25, -0.2) is 9.69 Å². The largest absolute Gasteiger partial charge is 0.394 e. The van der Waals surface area contributed by atoms with Crippen molar-refractivity contribution in [1.29, 1.82) is 0 Å². The predicted molar refractivity (Wildman–Crippen MR) is 83.6 cm³/mol. The minimum Gasteiger partial charge on any atom is -0.394 e. The molecule has 1 aromatic carbocycles. The SMILES string of the molecule is O=C1N/C(=C\c2ccccc2)C(=O)N1C1OC(CO)C(O)C(O)C1O. The van der Waals surface area contributed by atoms with Gasteiger partial charge in [-0.1, -0.05) is 30.3 Å². The molecule has 9 nitrogen and oxygen atoms in total. The molecule has 2 fully saturated rings. The van der Waals surface area contributed by atoms with Crippen LogP contribution < -0.4 is 5.32 Å². The van der Waals surface area contributed by atoms with Crippen molar-refractivity contribution < 1.29 is 34.8 Å². The van der Waals surface area contributed by atoms with Crippen LogP contribution in [0.4, 0.5) is 4.79 Å². The maximum atomic E-state index is 12.5. The van der Waals surface area contributed by atoms with Gasteiger partial charge in [0.25, 0.3) is 5.91 Å². The van der Waals surface area contributed by atoms with E-state index < -0.39 is 49.2 Å². The van der Waals surface area contributed by atoms with Crippen LogP contribution in [0.1, 0.15) is 5.56 Å². The third-order valence-electron chi connectivity index (χ3n) is 4.14. The summed E-state index contributed by atoms with van der Waals surface area (Å²) in [7, 11) is 0. The minimum atomic E-state index is -1.72. The molecule has 25 heavy (non-hydrogen) atoms. The Hall–Kier alpha value is -2.30. The van der Waals surface area contributed by atoms with Crippen molar-refractivity contribution in [1.82, 2.24) is 10.2 Å². The summed E-state index contributed by atoms with van der Waals surface area (Å²) in [4.78, 5) is 25.3. The van der Waals surface area contributed by atoms with E-state index >= 15 is 0 Å². The van der Waals surface area contributed by atoms with Gasteiger partial charge in [-0.15, -0.1) is 0 Å². The molecule has 0 spiro atoms. The van der Waals surface area contributed by atoms with E-state index in [1.807, 2.05) is 0 Å². The Morgan fingerprint density at radius 2 is 1.76 bits per heavy atom. The van der Waals surface area contributed by atoms with Gasteiger partial charge in [-0.05, 0) is 11.6 Å². The Morgan fingerprint density at radius 1 is 1.08 bits per heavy atom. The lowest BCUT2D eigenvalue weighted by Crippen LogP contribution is -2.64. The Morgan fingerprint density at radius 3 is 2.40 bits per heavy atom. The summed E-state index contributed by atoms with van der Waals surface area (Å²) in [6.07, 6.45) is -6.26. The molecule has 3 rings (SSSR count). The van der Waals surface area contributed by atoms with Gasteiger partial charge in [-0.3, -0.25) is 4.79 Å². The topological polar surface area (TPSA) is 140 Å². The van der Waals surface area contributed by atoms with Gasteiger partial charge in [-0.2, -0.15) is 0 Å². The number of aliphatic hydroxyl groups is 4. The van der Waals surface area contributed by atoms with Crippen LogP contribution in [0.25, 0.3) is 6.08 Å². The summed E-state index contributed by atoms with van der Waals surface area (Å²) in [5, 5.41) is 41.3. The summed E-state index contributed by atoms with van der Waals surface area (Å²) in [5.41, 5.74) is 0.662. The number of ether oxygens (including phenoxy) is 1. The molecule has 2 saturated heterocycles. The van der Waals surface area contributed by atoms with Crippen molar-refractivity contribution in [2.45, 2.75) is 30.6 Å². The first-order chi connectivity index (χ1) is 11.9. The van der Waals surface area contributed by atoms with Crippen LogP contribution >= 0.6 is 0 Å². The maximum absolute atomic E-state index is 12.5. The van der Waals surface area contributed by atoms with E-state index in [1.54, 1.807) is 30.3 Å². The molecule has 2 aliphatic rings. The quantitative estimate of drug-likeness (QED) is 0.326. The highest BCUT2D eigenvalue weighted by atomic mass is 16.6. The fourth-order valence-electron chi connectivity index (χ4n) is 2.79. The van der Waals surface area contributed by atoms with E-state index in [0.29, 0.717) is 10.5 Å². The van der Waals surface area contributed by atoms with Crippen LogP contribution in [-0.2, 0) is 9.53 Å². The predicted octanol–water partition coefficient (Wildman–Crippen LogP) is -1.62. The molecule has 9 heteroatoms. The van der Waals surface area contributed by atoms with Crippen LogP contribution in [-0.4, -0.2) is 74.5 Å². The zero-order valence-electron chi connectivity index (χ0n) is 13.0. The number of amides is 3. The van der Waals surface area contributed by atoms with Crippen molar-refractivity contribution >= 4 is 18.0 Å². The van der Waals surface area contributed by atoms with Crippen LogP contribution in [0.3, 0.4) is 0 Å². The van der Waals surface area contributed by atoms with Crippen molar-refractivity contribution in [2.75, 3.05) is 6.61 Å². The number of urea groups is 1. The molecule has 0 aromatic heterocycles. The number of nitrogens with one attached hydrogen (secondary N) is 1. The number of hydrogen-bond acceptors (Lipinski definition) is 7. The second kappa shape index (κ2) is 6.90. The fourth-order valence-corrected chi connectivity index (χ4v) is 2.79. The molecule has 1 aromatic rings. The highest BCUT2D eigenvalue weighted by molar-refractivity contribution is 6.14. The number of hydrogen-bond donors (Lipinski definition) is 5. The van der Waals surface area contributed by atoms with E-state index in [9.17, 15) is 30.0 Å². The van der Waals surface area contributed by atoms with Gasteiger partial charge in [0.2, 0.25) is 0 Å². The number of rotatable bonds is 3. The van der Waals surface area contributed by atoms with Gasteiger partial charge in [0, 0.05) is 0 Å². The first-order valence-corrected chi connectivity index (χ1v) is 7.66. The second-order valence-electron chi connectivity index (χ2n) is 5.79. The van der Waals surface area contributed by atoms with Crippen LogP contribution in [0, 0.1) is 0 Å². The van der Waals surface area contributed by atoms with Crippen molar-refractivity contribution in [3.63, 3.8) is 0 Å². The molecular formula is C16H18N2O7. The van der Waals surface area contributed by atoms with E-state index in [1.165, 1.54) is 6.08 Å². The maximum Gasteiger partial charge on any atom is 0.331 e. The van der Waals surface area contributed by atoms with Gasteiger partial charge >= 0.3 is 6.03 Å². The number of carbonyl (C=O) groups is 2. The first kappa shape index (κ1) is 17.5. The van der Waals surface area contributed by atoms with Crippen LogP contribution in [0.15, 0.2) is 36.0 Å². The lowest BCUT2D eigenvalue weighted by Gasteiger charge is -2.42. The molecule has 2 aliphatic heterocycles. The zero-order valence-corrected chi connectivity index (χ0v) is 13.0. The van der Waals surface area contributed by atoms with Crippen molar-refractivity contribution in [2.24, 2.45) is 0 Å². The highest BCUT2D eigenvalue weighted by Gasteiger charge is 2.51. The summed E-state index contributed by atoms with van der Waals surface area (Å²) < 4.78 is 5.26. The Bertz CT molecular complexity index is 691. The molecule has 134 valence electrons.